The highest BCUT2D eigenvalue weighted by atomic mass is 16.6. The second-order valence-electron chi connectivity index (χ2n) is 6.65. The molecule has 1 aliphatic rings. The minimum Gasteiger partial charge on any atom is -0.483 e. The van der Waals surface area contributed by atoms with Gasteiger partial charge in [0.1, 0.15) is 11.4 Å². The molecule has 1 saturated carbocycles. The second kappa shape index (κ2) is 13.5. The van der Waals surface area contributed by atoms with E-state index in [4.69, 9.17) is 14.6 Å². The van der Waals surface area contributed by atoms with Crippen molar-refractivity contribution in [2.45, 2.75) is 65.1 Å². The number of hydrogen-bond donors (Lipinski definition) is 4. The lowest BCUT2D eigenvalue weighted by molar-refractivity contribution is -0.128. The van der Waals surface area contributed by atoms with Gasteiger partial charge in [-0.15, -0.1) is 0 Å². The average Bonchev–Trinajstić information content (AvgIpc) is 3.11. The molecule has 0 unspecified atom stereocenters. The first-order chi connectivity index (χ1) is 14.0. The molecule has 2 rings (SSSR count). The molecule has 11 heteroatoms. The summed E-state index contributed by atoms with van der Waals surface area (Å²) in [6.45, 7) is 6.92. The van der Waals surface area contributed by atoms with E-state index in [0.717, 1.165) is 6.42 Å². The van der Waals surface area contributed by atoms with E-state index in [1.54, 1.807) is 6.92 Å². The smallest absolute Gasteiger partial charge is 0.315 e. The molecular formula is C18H31N5O6. The quantitative estimate of drug-likeness (QED) is 0.460. The molecule has 4 N–H and O–H groups in total. The molecule has 0 aromatic carbocycles. The fourth-order valence-electron chi connectivity index (χ4n) is 3.09. The van der Waals surface area contributed by atoms with Crippen LogP contribution in [-0.4, -0.2) is 59.1 Å². The molecular weight excluding hydrogens is 382 g/mol. The van der Waals surface area contributed by atoms with Crippen LogP contribution < -0.4 is 16.0 Å². The monoisotopic (exact) mass is 413 g/mol. The first-order valence-corrected chi connectivity index (χ1v) is 9.76. The molecule has 0 saturated heterocycles. The molecule has 1 aromatic heterocycles. The summed E-state index contributed by atoms with van der Waals surface area (Å²) in [6.07, 6.45) is 2.70. The number of nitrogens with zero attached hydrogens (tertiary/aromatic N) is 2. The summed E-state index contributed by atoms with van der Waals surface area (Å²) in [5, 5.41) is 23.0. The molecule has 3 amide bonds. The Kier molecular flexibility index (Phi) is 11.3. The average molecular weight is 413 g/mol. The number of carbonyl (C=O) groups is 3. The highest BCUT2D eigenvalue weighted by Gasteiger charge is 2.35. The van der Waals surface area contributed by atoms with E-state index in [9.17, 15) is 9.59 Å². The summed E-state index contributed by atoms with van der Waals surface area (Å²) in [5.41, 5.74) is 1.30. The van der Waals surface area contributed by atoms with Gasteiger partial charge in [-0.1, -0.05) is 17.2 Å². The highest BCUT2D eigenvalue weighted by molar-refractivity contribution is 5.79. The third kappa shape index (κ3) is 8.46. The summed E-state index contributed by atoms with van der Waals surface area (Å²) >= 11 is 0. The zero-order chi connectivity index (χ0) is 21.6. The van der Waals surface area contributed by atoms with Crippen LogP contribution in [0.2, 0.25) is 0 Å². The number of hydrogen-bond acceptors (Lipinski definition) is 7. The molecule has 1 aliphatic carbocycles. The van der Waals surface area contributed by atoms with Crippen LogP contribution in [0.4, 0.5) is 4.79 Å². The van der Waals surface area contributed by atoms with Crippen LogP contribution in [-0.2, 0) is 20.9 Å². The van der Waals surface area contributed by atoms with Crippen molar-refractivity contribution in [2.24, 2.45) is 5.92 Å². The van der Waals surface area contributed by atoms with Gasteiger partial charge in [-0.3, -0.25) is 9.59 Å². The SMILES string of the molecule is CCCO[C@@H]1C[C@@H](C(=O)NCc2nonc2C)CC[C@H]1NC(=O)NCC.O=CO. The summed E-state index contributed by atoms with van der Waals surface area (Å²) in [4.78, 5) is 32.7. The largest absolute Gasteiger partial charge is 0.483 e. The van der Waals surface area contributed by atoms with E-state index in [-0.39, 0.29) is 36.5 Å². The Morgan fingerprint density at radius 3 is 2.59 bits per heavy atom. The second-order valence-corrected chi connectivity index (χ2v) is 6.65. The van der Waals surface area contributed by atoms with Crippen LogP contribution in [0, 0.1) is 12.8 Å². The van der Waals surface area contributed by atoms with Gasteiger partial charge < -0.3 is 25.8 Å². The summed E-state index contributed by atoms with van der Waals surface area (Å²) < 4.78 is 10.6. The third-order valence-electron chi connectivity index (χ3n) is 4.53. The summed E-state index contributed by atoms with van der Waals surface area (Å²) in [7, 11) is 0. The first-order valence-electron chi connectivity index (χ1n) is 9.76. The number of urea groups is 1. The van der Waals surface area contributed by atoms with Gasteiger partial charge in [0.25, 0.3) is 6.47 Å². The maximum atomic E-state index is 12.5. The van der Waals surface area contributed by atoms with Crippen LogP contribution in [0.5, 0.6) is 0 Å². The lowest BCUT2D eigenvalue weighted by Crippen LogP contribution is -2.52. The maximum Gasteiger partial charge on any atom is 0.315 e. The van der Waals surface area contributed by atoms with Crippen LogP contribution in [0.15, 0.2) is 4.63 Å². The van der Waals surface area contributed by atoms with Crippen LogP contribution in [0.25, 0.3) is 0 Å². The number of carbonyl (C=O) groups excluding carboxylic acids is 2. The van der Waals surface area contributed by atoms with Crippen molar-refractivity contribution in [2.75, 3.05) is 13.2 Å². The number of rotatable bonds is 8. The van der Waals surface area contributed by atoms with Gasteiger partial charge in [-0.2, -0.15) is 0 Å². The number of aromatic nitrogens is 2. The van der Waals surface area contributed by atoms with E-state index >= 15 is 0 Å². The summed E-state index contributed by atoms with van der Waals surface area (Å²) in [6, 6.07) is -0.279. The predicted molar refractivity (Wildman–Crippen MR) is 103 cm³/mol. The van der Waals surface area contributed by atoms with Crippen molar-refractivity contribution in [1.82, 2.24) is 26.3 Å². The Morgan fingerprint density at radius 1 is 1.28 bits per heavy atom. The van der Waals surface area contributed by atoms with Gasteiger partial charge in [0.2, 0.25) is 5.91 Å². The van der Waals surface area contributed by atoms with Gasteiger partial charge >= 0.3 is 6.03 Å². The van der Waals surface area contributed by atoms with E-state index in [2.05, 4.69) is 30.9 Å². The third-order valence-corrected chi connectivity index (χ3v) is 4.53. The van der Waals surface area contributed by atoms with Crippen LogP contribution in [0.3, 0.4) is 0 Å². The number of carboxylic acid groups (broad SMARTS) is 1. The van der Waals surface area contributed by atoms with E-state index < -0.39 is 0 Å². The maximum absolute atomic E-state index is 12.5. The molecule has 1 aromatic rings. The Hall–Kier alpha value is -2.69. The van der Waals surface area contributed by atoms with Crippen LogP contribution >= 0.6 is 0 Å². The van der Waals surface area contributed by atoms with Gasteiger partial charge in [0, 0.05) is 19.1 Å². The standard InChI is InChI=1S/C17H29N5O4.CH2O2/c1-4-8-25-15-9-12(6-7-13(15)20-17(24)18-5-2)16(23)19-10-14-11(3)21-26-22-14;2-1-3/h12-13,15H,4-10H2,1-3H3,(H,19,23)(H2,18,20,24);1H,(H,2,3)/t12-,13+,15+;/m0./s1. The van der Waals surface area contributed by atoms with Gasteiger partial charge in [-0.05, 0) is 39.5 Å². The predicted octanol–water partition coefficient (Wildman–Crippen LogP) is 0.978. The van der Waals surface area contributed by atoms with Gasteiger partial charge in [0.05, 0.1) is 18.7 Å². The number of aryl methyl sites for hydroxylation is 1. The summed E-state index contributed by atoms with van der Waals surface area (Å²) in [5.74, 6) is -0.182. The number of ether oxygens (including phenoxy) is 1. The van der Waals surface area contributed by atoms with Crippen molar-refractivity contribution in [3.63, 3.8) is 0 Å². The minimum atomic E-state index is -0.250. The molecule has 0 spiro atoms. The fraction of sp³-hybridized carbons (Fsp3) is 0.722. The highest BCUT2D eigenvalue weighted by Crippen LogP contribution is 2.27. The van der Waals surface area contributed by atoms with E-state index in [1.807, 2.05) is 13.8 Å². The number of amides is 3. The Balaban J connectivity index is 0.00000132. The van der Waals surface area contributed by atoms with Crippen molar-refractivity contribution >= 4 is 18.4 Å². The molecule has 11 nitrogen and oxygen atoms in total. The molecule has 3 atom stereocenters. The van der Waals surface area contributed by atoms with Crippen molar-refractivity contribution in [1.29, 1.82) is 0 Å². The molecule has 0 bridgehead atoms. The number of nitrogens with one attached hydrogen (secondary N) is 3. The lowest BCUT2D eigenvalue weighted by Gasteiger charge is -2.35. The molecule has 0 radical (unpaired) electrons. The first kappa shape index (κ1) is 24.3. The lowest BCUT2D eigenvalue weighted by atomic mass is 9.83. The molecule has 0 aliphatic heterocycles. The normalized spacial score (nSPS) is 20.7. The Morgan fingerprint density at radius 2 is 2.00 bits per heavy atom. The van der Waals surface area contributed by atoms with Crippen molar-refractivity contribution < 1.29 is 28.9 Å². The Bertz CT molecular complexity index is 638. The van der Waals surface area contributed by atoms with Gasteiger partial charge in [0.15, 0.2) is 0 Å². The zero-order valence-electron chi connectivity index (χ0n) is 17.1. The molecule has 1 heterocycles. The molecule has 1 fully saturated rings. The molecule has 29 heavy (non-hydrogen) atoms. The van der Waals surface area contributed by atoms with Gasteiger partial charge in [-0.25, -0.2) is 9.42 Å². The van der Waals surface area contributed by atoms with Crippen molar-refractivity contribution in [3.05, 3.63) is 11.4 Å². The van der Waals surface area contributed by atoms with E-state index in [1.165, 1.54) is 0 Å². The Labute approximate surface area is 169 Å². The van der Waals surface area contributed by atoms with Crippen molar-refractivity contribution in [3.8, 4) is 0 Å². The fourth-order valence-corrected chi connectivity index (χ4v) is 3.09. The van der Waals surface area contributed by atoms with Crippen LogP contribution in [0.1, 0.15) is 50.9 Å². The topological polar surface area (TPSA) is 156 Å². The zero-order valence-corrected chi connectivity index (χ0v) is 17.1. The minimum absolute atomic E-state index is 0.0334. The molecule has 164 valence electrons. The van der Waals surface area contributed by atoms with E-state index in [0.29, 0.717) is 50.3 Å².